The maximum Gasteiger partial charge on any atom is 0.163 e. The Labute approximate surface area is 112 Å². The summed E-state index contributed by atoms with van der Waals surface area (Å²) in [6.07, 6.45) is 2.19. The fraction of sp³-hybridized carbons (Fsp3) is 0.571. The van der Waals surface area contributed by atoms with Crippen LogP contribution in [-0.2, 0) is 6.54 Å². The van der Waals surface area contributed by atoms with Crippen LogP contribution in [0.2, 0.25) is 0 Å². The van der Waals surface area contributed by atoms with E-state index in [0.717, 1.165) is 48.7 Å². The van der Waals surface area contributed by atoms with E-state index in [1.807, 2.05) is 12.1 Å². The molecule has 2 aliphatic heterocycles. The largest absolute Gasteiger partial charge is 0.486 e. The van der Waals surface area contributed by atoms with E-state index < -0.39 is 0 Å². The number of ether oxygens (including phenoxy) is 2. The molecule has 2 aliphatic rings. The van der Waals surface area contributed by atoms with Gasteiger partial charge in [-0.3, -0.25) is 4.90 Å². The number of aliphatic hydroxyl groups excluding tert-OH is 1. The van der Waals surface area contributed by atoms with Gasteiger partial charge in [-0.15, -0.1) is 0 Å². The second-order valence-electron chi connectivity index (χ2n) is 5.14. The Balaban J connectivity index is 1.80. The number of hydrogen-bond acceptors (Lipinski definition) is 5. The predicted octanol–water partition coefficient (Wildman–Crippen LogP) is 0.997. The van der Waals surface area contributed by atoms with Gasteiger partial charge in [-0.25, -0.2) is 0 Å². The van der Waals surface area contributed by atoms with Gasteiger partial charge >= 0.3 is 0 Å². The minimum atomic E-state index is 0.213. The van der Waals surface area contributed by atoms with Crippen molar-refractivity contribution in [1.29, 1.82) is 0 Å². The van der Waals surface area contributed by atoms with Crippen LogP contribution in [0.15, 0.2) is 12.1 Å². The Kier molecular flexibility index (Phi) is 3.48. The molecule has 3 rings (SSSR count). The van der Waals surface area contributed by atoms with E-state index >= 15 is 0 Å². The first-order chi connectivity index (χ1) is 9.28. The minimum absolute atomic E-state index is 0.213. The van der Waals surface area contributed by atoms with Crippen molar-refractivity contribution < 1.29 is 14.6 Å². The summed E-state index contributed by atoms with van der Waals surface area (Å²) in [5.41, 5.74) is 7.86. The van der Waals surface area contributed by atoms with Crippen molar-refractivity contribution in [3.05, 3.63) is 17.7 Å². The van der Waals surface area contributed by atoms with Gasteiger partial charge in [0.2, 0.25) is 0 Å². The van der Waals surface area contributed by atoms with Crippen molar-refractivity contribution in [3.63, 3.8) is 0 Å². The molecule has 0 spiro atoms. The van der Waals surface area contributed by atoms with Gasteiger partial charge in [0.05, 0.1) is 6.61 Å². The third-order valence-corrected chi connectivity index (χ3v) is 3.89. The van der Waals surface area contributed by atoms with Crippen molar-refractivity contribution >= 4 is 5.69 Å². The average Bonchev–Trinajstić information content (AvgIpc) is 2.87. The van der Waals surface area contributed by atoms with Crippen molar-refractivity contribution in [3.8, 4) is 11.5 Å². The molecule has 0 saturated carbocycles. The molecule has 0 aliphatic carbocycles. The summed E-state index contributed by atoms with van der Waals surface area (Å²) in [6, 6.07) is 4.07. The van der Waals surface area contributed by atoms with Gasteiger partial charge in [0.15, 0.2) is 11.5 Å². The molecular weight excluding hydrogens is 244 g/mol. The zero-order chi connectivity index (χ0) is 13.2. The van der Waals surface area contributed by atoms with E-state index in [2.05, 4.69) is 4.90 Å². The maximum absolute atomic E-state index is 9.36. The Hall–Kier alpha value is -1.46. The number of anilines is 1. The van der Waals surface area contributed by atoms with Crippen LogP contribution in [0.5, 0.6) is 11.5 Å². The van der Waals surface area contributed by atoms with Crippen LogP contribution >= 0.6 is 0 Å². The summed E-state index contributed by atoms with van der Waals surface area (Å²) in [4.78, 5) is 2.28. The first-order valence-electron chi connectivity index (χ1n) is 6.81. The van der Waals surface area contributed by atoms with Gasteiger partial charge in [0, 0.05) is 24.3 Å². The molecule has 5 heteroatoms. The second kappa shape index (κ2) is 5.27. The normalized spacial score (nSPS) is 22.7. The van der Waals surface area contributed by atoms with E-state index in [4.69, 9.17) is 15.2 Å². The first-order valence-corrected chi connectivity index (χ1v) is 6.81. The van der Waals surface area contributed by atoms with E-state index in [1.165, 1.54) is 0 Å². The number of benzene rings is 1. The molecular formula is C14H20N2O3. The summed E-state index contributed by atoms with van der Waals surface area (Å²) >= 11 is 0. The zero-order valence-corrected chi connectivity index (χ0v) is 11.0. The highest BCUT2D eigenvalue weighted by Crippen LogP contribution is 2.35. The van der Waals surface area contributed by atoms with Gasteiger partial charge < -0.3 is 20.3 Å². The topological polar surface area (TPSA) is 68.0 Å². The van der Waals surface area contributed by atoms with Gasteiger partial charge in [-0.05, 0) is 31.0 Å². The zero-order valence-electron chi connectivity index (χ0n) is 11.0. The van der Waals surface area contributed by atoms with E-state index in [-0.39, 0.29) is 12.6 Å². The van der Waals surface area contributed by atoms with Crippen LogP contribution in [0.1, 0.15) is 18.4 Å². The number of rotatable bonds is 3. The van der Waals surface area contributed by atoms with Gasteiger partial charge in [-0.2, -0.15) is 0 Å². The van der Waals surface area contributed by atoms with Gasteiger partial charge in [-0.1, -0.05) is 0 Å². The average molecular weight is 264 g/mol. The van der Waals surface area contributed by atoms with E-state index in [1.54, 1.807) is 0 Å². The lowest BCUT2D eigenvalue weighted by Gasteiger charge is -2.25. The van der Waals surface area contributed by atoms with E-state index in [9.17, 15) is 5.11 Å². The number of nitrogens with zero attached hydrogens (tertiary/aromatic N) is 1. The quantitative estimate of drug-likeness (QED) is 0.797. The number of nitrogen functional groups attached to an aromatic ring is 1. The van der Waals surface area contributed by atoms with Crippen molar-refractivity contribution in [2.75, 3.05) is 32.1 Å². The Morgan fingerprint density at radius 2 is 2.00 bits per heavy atom. The lowest BCUT2D eigenvalue weighted by atomic mass is 10.1. The SMILES string of the molecule is Nc1cc2c(cc1CN1CCCC1CO)OCCO2. The van der Waals surface area contributed by atoms with Crippen molar-refractivity contribution in [1.82, 2.24) is 4.90 Å². The second-order valence-corrected chi connectivity index (χ2v) is 5.14. The smallest absolute Gasteiger partial charge is 0.163 e. The standard InChI is InChI=1S/C14H20N2O3/c15-12-7-14-13(18-4-5-19-14)6-10(12)8-16-3-1-2-11(16)9-17/h6-7,11,17H,1-5,8-9,15H2. The number of fused-ring (bicyclic) bond motifs is 1. The molecule has 1 aromatic rings. The minimum Gasteiger partial charge on any atom is -0.486 e. The number of likely N-dealkylation sites (tertiary alicyclic amines) is 1. The van der Waals surface area contributed by atoms with Crippen LogP contribution in [0.3, 0.4) is 0 Å². The summed E-state index contributed by atoms with van der Waals surface area (Å²) in [5, 5.41) is 9.36. The van der Waals surface area contributed by atoms with Crippen LogP contribution in [0.25, 0.3) is 0 Å². The molecule has 19 heavy (non-hydrogen) atoms. The van der Waals surface area contributed by atoms with Crippen LogP contribution in [0, 0.1) is 0 Å². The van der Waals surface area contributed by atoms with Crippen LogP contribution in [0.4, 0.5) is 5.69 Å². The predicted molar refractivity (Wildman–Crippen MR) is 72.4 cm³/mol. The molecule has 0 bridgehead atoms. The molecule has 3 N–H and O–H groups in total. The number of aliphatic hydroxyl groups is 1. The summed E-state index contributed by atoms with van der Waals surface area (Å²) in [6.45, 7) is 3.14. The van der Waals surface area contributed by atoms with Crippen molar-refractivity contribution in [2.45, 2.75) is 25.4 Å². The van der Waals surface area contributed by atoms with Crippen molar-refractivity contribution in [2.24, 2.45) is 0 Å². The molecule has 1 unspecified atom stereocenters. The highest BCUT2D eigenvalue weighted by atomic mass is 16.6. The maximum atomic E-state index is 9.36. The van der Waals surface area contributed by atoms with E-state index in [0.29, 0.717) is 13.2 Å². The summed E-state index contributed by atoms with van der Waals surface area (Å²) in [5.74, 6) is 1.50. The number of nitrogens with two attached hydrogens (primary N) is 1. The lowest BCUT2D eigenvalue weighted by Crippen LogP contribution is -2.32. The summed E-state index contributed by atoms with van der Waals surface area (Å²) in [7, 11) is 0. The molecule has 1 saturated heterocycles. The molecule has 0 amide bonds. The molecule has 104 valence electrons. The highest BCUT2D eigenvalue weighted by Gasteiger charge is 2.25. The Morgan fingerprint density at radius 1 is 1.26 bits per heavy atom. The lowest BCUT2D eigenvalue weighted by molar-refractivity contribution is 0.152. The highest BCUT2D eigenvalue weighted by molar-refractivity contribution is 5.58. The Morgan fingerprint density at radius 3 is 2.74 bits per heavy atom. The molecule has 2 heterocycles. The van der Waals surface area contributed by atoms with Crippen LogP contribution in [-0.4, -0.2) is 42.4 Å². The molecule has 1 aromatic carbocycles. The molecule has 0 aromatic heterocycles. The fourth-order valence-corrected chi connectivity index (χ4v) is 2.81. The molecule has 1 fully saturated rings. The number of hydrogen-bond donors (Lipinski definition) is 2. The van der Waals surface area contributed by atoms with Gasteiger partial charge in [0.1, 0.15) is 13.2 Å². The third-order valence-electron chi connectivity index (χ3n) is 3.89. The molecule has 5 nitrogen and oxygen atoms in total. The first kappa shape index (κ1) is 12.6. The van der Waals surface area contributed by atoms with Crippen LogP contribution < -0.4 is 15.2 Å². The summed E-state index contributed by atoms with van der Waals surface area (Å²) < 4.78 is 11.1. The fourth-order valence-electron chi connectivity index (χ4n) is 2.81. The molecule has 0 radical (unpaired) electrons. The van der Waals surface area contributed by atoms with Gasteiger partial charge in [0.25, 0.3) is 0 Å². The third kappa shape index (κ3) is 2.48. The monoisotopic (exact) mass is 264 g/mol. The molecule has 1 atom stereocenters. The Bertz CT molecular complexity index is 464.